The van der Waals surface area contributed by atoms with Crippen molar-refractivity contribution in [2.75, 3.05) is 6.54 Å². The summed E-state index contributed by atoms with van der Waals surface area (Å²) < 4.78 is 0.600. The predicted octanol–water partition coefficient (Wildman–Crippen LogP) is 1.06. The van der Waals surface area contributed by atoms with Crippen molar-refractivity contribution in [1.29, 1.82) is 0 Å². The van der Waals surface area contributed by atoms with E-state index in [1.807, 2.05) is 0 Å². The number of aliphatic hydroxyl groups is 1. The summed E-state index contributed by atoms with van der Waals surface area (Å²) in [5, 5.41) is 20.0. The molecular weight excluding hydrogens is 327 g/mol. The number of aromatic nitrogens is 1. The molecule has 1 aromatic rings. The molecule has 1 amide bonds. The average Bonchev–Trinajstić information content (AvgIpc) is 2.31. The number of carboxylic acids is 1. The summed E-state index contributed by atoms with van der Waals surface area (Å²) in [6, 6.07) is 1.50. The van der Waals surface area contributed by atoms with Crippen molar-refractivity contribution in [2.45, 2.75) is 12.5 Å². The molecule has 0 radical (unpaired) electrons. The predicted molar refractivity (Wildman–Crippen MR) is 67.5 cm³/mol. The number of carbonyl (C=O) groups excluding carboxylic acids is 1. The second kappa shape index (κ2) is 6.67. The standard InChI is InChI=1S/C10H10BrClN2O4/c11-5-3-6(8(12)14-4-5)9(16)13-2-1-7(15)10(17)18/h3-4,7,15H,1-2H2,(H,13,16)(H,17,18)/t7-/m0/s1. The van der Waals surface area contributed by atoms with E-state index in [9.17, 15) is 9.59 Å². The van der Waals surface area contributed by atoms with E-state index in [1.165, 1.54) is 12.3 Å². The van der Waals surface area contributed by atoms with Crippen LogP contribution in [-0.4, -0.2) is 39.7 Å². The minimum atomic E-state index is -1.50. The molecule has 0 aliphatic heterocycles. The molecule has 0 aliphatic rings. The summed E-state index contributed by atoms with van der Waals surface area (Å²) in [7, 11) is 0. The Hall–Kier alpha value is -1.18. The number of carbonyl (C=O) groups is 2. The molecule has 0 saturated heterocycles. The second-order valence-electron chi connectivity index (χ2n) is 3.39. The number of aliphatic hydroxyl groups excluding tert-OH is 1. The number of halogens is 2. The highest BCUT2D eigenvalue weighted by Gasteiger charge is 2.15. The second-order valence-corrected chi connectivity index (χ2v) is 4.66. The summed E-state index contributed by atoms with van der Waals surface area (Å²) in [4.78, 5) is 25.8. The Morgan fingerprint density at radius 3 is 2.83 bits per heavy atom. The smallest absolute Gasteiger partial charge is 0.332 e. The van der Waals surface area contributed by atoms with E-state index in [1.54, 1.807) is 0 Å². The maximum atomic E-state index is 11.7. The summed E-state index contributed by atoms with van der Waals surface area (Å²) in [6.45, 7) is 0.0230. The normalized spacial score (nSPS) is 11.9. The quantitative estimate of drug-likeness (QED) is 0.698. The number of nitrogens with one attached hydrogen (secondary N) is 1. The Morgan fingerprint density at radius 1 is 1.56 bits per heavy atom. The van der Waals surface area contributed by atoms with E-state index in [0.717, 1.165) is 0 Å². The Kier molecular flexibility index (Phi) is 5.52. The van der Waals surface area contributed by atoms with Crippen molar-refractivity contribution in [3.8, 4) is 0 Å². The van der Waals surface area contributed by atoms with E-state index in [4.69, 9.17) is 21.8 Å². The van der Waals surface area contributed by atoms with Gasteiger partial charge in [0.05, 0.1) is 5.56 Å². The van der Waals surface area contributed by atoms with Crippen LogP contribution in [0.25, 0.3) is 0 Å². The highest BCUT2D eigenvalue weighted by atomic mass is 79.9. The van der Waals surface area contributed by atoms with E-state index in [2.05, 4.69) is 26.2 Å². The summed E-state index contributed by atoms with van der Waals surface area (Å²) in [5.41, 5.74) is 0.177. The summed E-state index contributed by atoms with van der Waals surface area (Å²) >= 11 is 8.90. The minimum Gasteiger partial charge on any atom is -0.479 e. The number of carboxylic acid groups (broad SMARTS) is 1. The molecule has 3 N–H and O–H groups in total. The number of rotatable bonds is 5. The Balaban J connectivity index is 2.55. The molecule has 0 saturated carbocycles. The molecule has 1 heterocycles. The molecule has 0 fully saturated rings. The van der Waals surface area contributed by atoms with Gasteiger partial charge in [-0.05, 0) is 22.0 Å². The van der Waals surface area contributed by atoms with E-state index < -0.39 is 18.0 Å². The van der Waals surface area contributed by atoms with Gasteiger partial charge in [0.15, 0.2) is 6.10 Å². The zero-order valence-electron chi connectivity index (χ0n) is 9.06. The molecule has 8 heteroatoms. The fourth-order valence-electron chi connectivity index (χ4n) is 1.12. The molecule has 0 bridgehead atoms. The molecule has 0 unspecified atom stereocenters. The maximum absolute atomic E-state index is 11.7. The van der Waals surface area contributed by atoms with Crippen molar-refractivity contribution in [3.05, 3.63) is 27.5 Å². The van der Waals surface area contributed by atoms with Crippen molar-refractivity contribution >= 4 is 39.4 Å². The Morgan fingerprint density at radius 2 is 2.22 bits per heavy atom. The largest absolute Gasteiger partial charge is 0.479 e. The first-order valence-electron chi connectivity index (χ1n) is 4.92. The first kappa shape index (κ1) is 14.9. The van der Waals surface area contributed by atoms with Crippen molar-refractivity contribution in [1.82, 2.24) is 10.3 Å². The molecule has 18 heavy (non-hydrogen) atoms. The van der Waals surface area contributed by atoms with Gasteiger partial charge < -0.3 is 15.5 Å². The number of amides is 1. The van der Waals surface area contributed by atoms with Crippen LogP contribution >= 0.6 is 27.5 Å². The monoisotopic (exact) mass is 336 g/mol. The lowest BCUT2D eigenvalue weighted by atomic mass is 10.2. The fourth-order valence-corrected chi connectivity index (χ4v) is 1.64. The first-order valence-corrected chi connectivity index (χ1v) is 6.09. The molecule has 1 rings (SSSR count). The zero-order chi connectivity index (χ0) is 13.7. The third kappa shape index (κ3) is 4.25. The van der Waals surface area contributed by atoms with Crippen LogP contribution in [0.15, 0.2) is 16.7 Å². The van der Waals surface area contributed by atoms with Crippen LogP contribution in [0.2, 0.25) is 5.15 Å². The summed E-state index contributed by atoms with van der Waals surface area (Å²) in [6.07, 6.45) is -0.130. The third-order valence-corrected chi connectivity index (χ3v) is 2.77. The minimum absolute atomic E-state index is 0.0230. The van der Waals surface area contributed by atoms with Crippen LogP contribution in [0.3, 0.4) is 0 Å². The molecule has 1 atom stereocenters. The van der Waals surface area contributed by atoms with E-state index in [0.29, 0.717) is 4.47 Å². The molecule has 1 aromatic heterocycles. The van der Waals surface area contributed by atoms with E-state index in [-0.39, 0.29) is 23.7 Å². The van der Waals surface area contributed by atoms with Crippen LogP contribution in [0.5, 0.6) is 0 Å². The van der Waals surface area contributed by atoms with Gasteiger partial charge in [0.2, 0.25) is 0 Å². The number of aliphatic carboxylic acids is 1. The molecule has 0 aliphatic carbocycles. The topological polar surface area (TPSA) is 99.5 Å². The van der Waals surface area contributed by atoms with Gasteiger partial charge in [-0.25, -0.2) is 9.78 Å². The number of pyridine rings is 1. The Labute approximate surface area is 116 Å². The fraction of sp³-hybridized carbons (Fsp3) is 0.300. The van der Waals surface area contributed by atoms with Crippen LogP contribution in [-0.2, 0) is 4.79 Å². The van der Waals surface area contributed by atoms with Crippen molar-refractivity contribution in [2.24, 2.45) is 0 Å². The zero-order valence-corrected chi connectivity index (χ0v) is 11.4. The SMILES string of the molecule is O=C(NCC[C@H](O)C(=O)O)c1cc(Br)cnc1Cl. The molecule has 0 aromatic carbocycles. The third-order valence-electron chi connectivity index (χ3n) is 2.04. The number of hydrogen-bond acceptors (Lipinski definition) is 4. The van der Waals surface area contributed by atoms with Gasteiger partial charge in [0, 0.05) is 23.6 Å². The van der Waals surface area contributed by atoms with Gasteiger partial charge in [0.1, 0.15) is 5.15 Å². The van der Waals surface area contributed by atoms with Crippen LogP contribution in [0, 0.1) is 0 Å². The van der Waals surface area contributed by atoms with Gasteiger partial charge in [-0.15, -0.1) is 0 Å². The van der Waals surface area contributed by atoms with Crippen LogP contribution in [0.1, 0.15) is 16.8 Å². The average molecular weight is 338 g/mol. The highest BCUT2D eigenvalue weighted by molar-refractivity contribution is 9.10. The van der Waals surface area contributed by atoms with Gasteiger partial charge in [-0.3, -0.25) is 4.79 Å². The number of nitrogens with zero attached hydrogens (tertiary/aromatic N) is 1. The molecule has 98 valence electrons. The molecule has 6 nitrogen and oxygen atoms in total. The summed E-state index contributed by atoms with van der Waals surface area (Å²) in [5.74, 6) is -1.81. The highest BCUT2D eigenvalue weighted by Crippen LogP contribution is 2.17. The van der Waals surface area contributed by atoms with Crippen molar-refractivity contribution < 1.29 is 19.8 Å². The number of hydrogen-bond donors (Lipinski definition) is 3. The maximum Gasteiger partial charge on any atom is 0.332 e. The van der Waals surface area contributed by atoms with Gasteiger partial charge in [-0.2, -0.15) is 0 Å². The lowest BCUT2D eigenvalue weighted by Crippen LogP contribution is -2.30. The Bertz CT molecular complexity index is 469. The lowest BCUT2D eigenvalue weighted by Gasteiger charge is -2.08. The van der Waals surface area contributed by atoms with Crippen LogP contribution < -0.4 is 5.32 Å². The lowest BCUT2D eigenvalue weighted by molar-refractivity contribution is -0.146. The molecule has 0 spiro atoms. The van der Waals surface area contributed by atoms with Crippen LogP contribution in [0.4, 0.5) is 0 Å². The first-order chi connectivity index (χ1) is 8.41. The van der Waals surface area contributed by atoms with Crippen molar-refractivity contribution in [3.63, 3.8) is 0 Å². The van der Waals surface area contributed by atoms with Gasteiger partial charge >= 0.3 is 5.97 Å². The molecular formula is C10H10BrClN2O4. The van der Waals surface area contributed by atoms with E-state index >= 15 is 0 Å². The van der Waals surface area contributed by atoms with Gasteiger partial charge in [0.25, 0.3) is 5.91 Å². The van der Waals surface area contributed by atoms with Gasteiger partial charge in [-0.1, -0.05) is 11.6 Å².